The fraction of sp³-hybridized carbons (Fsp3) is 0.400. The van der Waals surface area contributed by atoms with E-state index >= 15 is 0 Å². The lowest BCUT2D eigenvalue weighted by Crippen LogP contribution is -2.38. The molecule has 1 aromatic carbocycles. The summed E-state index contributed by atoms with van der Waals surface area (Å²) in [7, 11) is 0. The number of aromatic nitrogens is 4. The number of nitrogens with two attached hydrogens (primary N) is 1. The van der Waals surface area contributed by atoms with Gasteiger partial charge in [0.1, 0.15) is 17.6 Å². The maximum Gasteiger partial charge on any atom is 0.408 e. The van der Waals surface area contributed by atoms with Crippen molar-refractivity contribution in [3.8, 4) is 11.5 Å². The number of hydrogen-bond donors (Lipinski definition) is 2. The van der Waals surface area contributed by atoms with Gasteiger partial charge in [-0.05, 0) is 41.8 Å². The standard InChI is InChI=1S/C25H26F4N6O/c1-24(2,13-36)18-10-16(26)9-14-3-5-19(31-21(14)18)23-33-32-20-6-4-15(11-35(20)23)22(25(27,28)29)34-8-7-17(30)12-34/h3-6,9-11,17,22,36H,7-8,12-13,30H2,1-2H3/t17-,22+/m0/s1. The van der Waals surface area contributed by atoms with Gasteiger partial charge in [0.2, 0.25) is 0 Å². The Balaban J connectivity index is 1.64. The number of aliphatic hydroxyl groups is 1. The fourth-order valence-corrected chi connectivity index (χ4v) is 4.82. The number of fused-ring (bicyclic) bond motifs is 2. The number of aliphatic hydroxyl groups excluding tert-OH is 1. The van der Waals surface area contributed by atoms with Crippen LogP contribution in [0, 0.1) is 5.82 Å². The monoisotopic (exact) mass is 502 g/mol. The van der Waals surface area contributed by atoms with Crippen LogP contribution in [0.3, 0.4) is 0 Å². The zero-order valence-electron chi connectivity index (χ0n) is 19.8. The van der Waals surface area contributed by atoms with Gasteiger partial charge in [-0.3, -0.25) is 9.30 Å². The molecule has 190 valence electrons. The maximum absolute atomic E-state index is 14.3. The van der Waals surface area contributed by atoms with Crippen LogP contribution in [-0.2, 0) is 5.41 Å². The number of rotatable bonds is 5. The van der Waals surface area contributed by atoms with Gasteiger partial charge in [0, 0.05) is 36.1 Å². The van der Waals surface area contributed by atoms with Crippen LogP contribution >= 0.6 is 0 Å². The molecule has 3 aromatic heterocycles. The summed E-state index contributed by atoms with van der Waals surface area (Å²) in [4.78, 5) is 6.03. The molecule has 36 heavy (non-hydrogen) atoms. The molecule has 0 saturated carbocycles. The minimum atomic E-state index is -4.50. The van der Waals surface area contributed by atoms with Crippen LogP contribution < -0.4 is 5.73 Å². The van der Waals surface area contributed by atoms with Crippen LogP contribution in [0.1, 0.15) is 37.4 Å². The van der Waals surface area contributed by atoms with E-state index in [1.165, 1.54) is 39.8 Å². The third-order valence-electron chi connectivity index (χ3n) is 6.78. The minimum Gasteiger partial charge on any atom is -0.395 e. The van der Waals surface area contributed by atoms with Gasteiger partial charge in [0.15, 0.2) is 11.5 Å². The molecule has 0 spiro atoms. The quantitative estimate of drug-likeness (QED) is 0.401. The van der Waals surface area contributed by atoms with E-state index in [-0.39, 0.29) is 37.1 Å². The zero-order valence-corrected chi connectivity index (χ0v) is 19.8. The summed E-state index contributed by atoms with van der Waals surface area (Å²) >= 11 is 0. The van der Waals surface area contributed by atoms with Crippen molar-refractivity contribution in [2.24, 2.45) is 5.73 Å². The predicted molar refractivity (Wildman–Crippen MR) is 127 cm³/mol. The SMILES string of the molecule is CC(C)(CO)c1cc(F)cc2ccc(-c3nnc4ccc([C@@H](N5CC[C@H](N)C5)C(F)(F)F)cn34)nc12. The van der Waals surface area contributed by atoms with E-state index in [2.05, 4.69) is 15.2 Å². The first-order valence-corrected chi connectivity index (χ1v) is 11.6. The van der Waals surface area contributed by atoms with E-state index in [1.54, 1.807) is 26.0 Å². The average molecular weight is 503 g/mol. The van der Waals surface area contributed by atoms with Gasteiger partial charge in [0.05, 0.1) is 12.1 Å². The number of nitrogens with zero attached hydrogens (tertiary/aromatic N) is 5. The van der Waals surface area contributed by atoms with Gasteiger partial charge in [-0.15, -0.1) is 10.2 Å². The van der Waals surface area contributed by atoms with Gasteiger partial charge < -0.3 is 10.8 Å². The summed E-state index contributed by atoms with van der Waals surface area (Å²) in [5, 5.41) is 18.7. The number of alkyl halides is 3. The molecule has 0 amide bonds. The molecule has 1 aliphatic rings. The molecule has 11 heteroatoms. The van der Waals surface area contributed by atoms with E-state index in [4.69, 9.17) is 5.73 Å². The lowest BCUT2D eigenvalue weighted by Gasteiger charge is -2.30. The third-order valence-corrected chi connectivity index (χ3v) is 6.78. The Bertz CT molecular complexity index is 1430. The van der Waals surface area contributed by atoms with Crippen LogP contribution in [-0.4, -0.2) is 61.5 Å². The first-order valence-electron chi connectivity index (χ1n) is 11.6. The van der Waals surface area contributed by atoms with Crippen molar-refractivity contribution >= 4 is 16.6 Å². The molecule has 4 heterocycles. The Morgan fingerprint density at radius 3 is 2.58 bits per heavy atom. The number of pyridine rings is 2. The Morgan fingerprint density at radius 1 is 1.14 bits per heavy atom. The molecule has 1 fully saturated rings. The van der Waals surface area contributed by atoms with Crippen LogP contribution in [0.4, 0.5) is 17.6 Å². The predicted octanol–water partition coefficient (Wildman–Crippen LogP) is 3.99. The zero-order chi connectivity index (χ0) is 25.8. The highest BCUT2D eigenvalue weighted by atomic mass is 19.4. The highest BCUT2D eigenvalue weighted by molar-refractivity contribution is 5.85. The van der Waals surface area contributed by atoms with Gasteiger partial charge in [-0.25, -0.2) is 9.37 Å². The Morgan fingerprint density at radius 2 is 1.92 bits per heavy atom. The second kappa shape index (κ2) is 8.75. The summed E-state index contributed by atoms with van der Waals surface area (Å²) in [5.74, 6) is -0.198. The molecule has 0 bridgehead atoms. The topological polar surface area (TPSA) is 92.6 Å². The van der Waals surface area contributed by atoms with Crippen molar-refractivity contribution in [2.75, 3.05) is 19.7 Å². The number of halogens is 4. The summed E-state index contributed by atoms with van der Waals surface area (Å²) < 4.78 is 58.2. The third kappa shape index (κ3) is 4.31. The van der Waals surface area contributed by atoms with Gasteiger partial charge in [-0.1, -0.05) is 26.0 Å². The number of likely N-dealkylation sites (tertiary alicyclic amines) is 1. The summed E-state index contributed by atoms with van der Waals surface area (Å²) in [6.07, 6.45) is -2.61. The van der Waals surface area contributed by atoms with Crippen LogP contribution in [0.25, 0.3) is 28.1 Å². The van der Waals surface area contributed by atoms with Crippen molar-refractivity contribution in [2.45, 2.75) is 43.9 Å². The van der Waals surface area contributed by atoms with E-state index < -0.39 is 23.5 Å². The Kier molecular flexibility index (Phi) is 5.97. The molecule has 0 unspecified atom stereocenters. The smallest absolute Gasteiger partial charge is 0.395 e. The molecular weight excluding hydrogens is 476 g/mol. The molecule has 5 rings (SSSR count). The van der Waals surface area contributed by atoms with Crippen LogP contribution in [0.2, 0.25) is 0 Å². The molecule has 0 radical (unpaired) electrons. The molecule has 1 saturated heterocycles. The van der Waals surface area contributed by atoms with Crippen molar-refractivity contribution in [1.82, 2.24) is 24.5 Å². The maximum atomic E-state index is 14.3. The highest BCUT2D eigenvalue weighted by Gasteiger charge is 2.46. The summed E-state index contributed by atoms with van der Waals surface area (Å²) in [6, 6.07) is 6.78. The van der Waals surface area contributed by atoms with Crippen molar-refractivity contribution in [1.29, 1.82) is 0 Å². The highest BCUT2D eigenvalue weighted by Crippen LogP contribution is 2.39. The molecule has 4 aromatic rings. The van der Waals surface area contributed by atoms with E-state index in [9.17, 15) is 22.7 Å². The summed E-state index contributed by atoms with van der Waals surface area (Å²) in [5.41, 5.74) is 6.87. The first-order chi connectivity index (χ1) is 17.0. The minimum absolute atomic E-state index is 0.0510. The lowest BCUT2D eigenvalue weighted by molar-refractivity contribution is -0.183. The normalized spacial score (nSPS) is 18.4. The molecule has 2 atom stereocenters. The fourth-order valence-electron chi connectivity index (χ4n) is 4.82. The van der Waals surface area contributed by atoms with E-state index in [1.807, 2.05) is 0 Å². The molecular formula is C25H26F4N6O. The molecule has 7 nitrogen and oxygen atoms in total. The lowest BCUT2D eigenvalue weighted by atomic mass is 9.84. The van der Waals surface area contributed by atoms with Gasteiger partial charge >= 0.3 is 6.18 Å². The largest absolute Gasteiger partial charge is 0.408 e. The van der Waals surface area contributed by atoms with Crippen molar-refractivity contribution in [3.63, 3.8) is 0 Å². The van der Waals surface area contributed by atoms with Gasteiger partial charge in [0.25, 0.3) is 0 Å². The number of hydrogen-bond acceptors (Lipinski definition) is 6. The first kappa shape index (κ1) is 24.5. The van der Waals surface area contributed by atoms with Crippen molar-refractivity contribution < 1.29 is 22.7 Å². The van der Waals surface area contributed by atoms with Crippen molar-refractivity contribution in [3.05, 3.63) is 59.5 Å². The van der Waals surface area contributed by atoms with E-state index in [0.29, 0.717) is 34.2 Å². The molecule has 1 aliphatic heterocycles. The Labute approximate surface area is 204 Å². The van der Waals surface area contributed by atoms with Gasteiger partial charge in [-0.2, -0.15) is 13.2 Å². The molecule has 0 aliphatic carbocycles. The number of benzene rings is 1. The van der Waals surface area contributed by atoms with Crippen LogP contribution in [0.5, 0.6) is 0 Å². The summed E-state index contributed by atoms with van der Waals surface area (Å²) in [6.45, 7) is 3.73. The van der Waals surface area contributed by atoms with E-state index in [0.717, 1.165) is 0 Å². The second-order valence-corrected chi connectivity index (χ2v) is 9.97. The van der Waals surface area contributed by atoms with Crippen LogP contribution in [0.15, 0.2) is 42.6 Å². The average Bonchev–Trinajstić information content (AvgIpc) is 3.43. The molecule has 3 N–H and O–H groups in total. The second-order valence-electron chi connectivity index (χ2n) is 9.97. The Hall–Kier alpha value is -3.15.